The largest absolute Gasteiger partial charge is 0.382 e. The molecule has 6 atom stereocenters. The molecule has 0 aromatic heterocycles. The summed E-state index contributed by atoms with van der Waals surface area (Å²) in [6.45, 7) is 4.44. The van der Waals surface area contributed by atoms with Crippen LogP contribution in [-0.4, -0.2) is 88.7 Å². The molecule has 0 aromatic carbocycles. The molecule has 5 fully saturated rings. The van der Waals surface area contributed by atoms with Crippen LogP contribution < -0.4 is 0 Å². The molecule has 5 aliphatic rings. The Labute approximate surface area is 202 Å². The summed E-state index contributed by atoms with van der Waals surface area (Å²) in [6.07, 6.45) is 8.51. The second-order valence-electron chi connectivity index (χ2n) is 10.2. The van der Waals surface area contributed by atoms with Crippen molar-refractivity contribution in [3.05, 3.63) is 0 Å². The van der Waals surface area contributed by atoms with Gasteiger partial charge in [0.15, 0.2) is 24.2 Å². The Bertz CT molecular complexity index is 634. The minimum Gasteiger partial charge on any atom is -0.382 e. The minimum atomic E-state index is -0.545. The van der Waals surface area contributed by atoms with Crippen LogP contribution in [0.1, 0.15) is 71.1 Å². The molecule has 0 bridgehead atoms. The summed E-state index contributed by atoms with van der Waals surface area (Å²) in [7, 11) is 1.66. The molecule has 2 spiro atoms. The summed E-state index contributed by atoms with van der Waals surface area (Å²) in [5.74, 6) is -1.01. The third kappa shape index (κ3) is 5.63. The lowest BCUT2D eigenvalue weighted by Gasteiger charge is -2.36. The summed E-state index contributed by atoms with van der Waals surface area (Å²) in [4.78, 5) is 0. The highest BCUT2D eigenvalue weighted by Gasteiger charge is 2.62. The summed E-state index contributed by atoms with van der Waals surface area (Å²) in [6, 6.07) is 0. The number of hydrogen-bond donors (Lipinski definition) is 0. The molecule has 3 heterocycles. The monoisotopic (exact) mass is 486 g/mol. The third-order valence-corrected chi connectivity index (χ3v) is 7.72. The Hall–Kier alpha value is -0.360. The fourth-order valence-electron chi connectivity index (χ4n) is 6.01. The van der Waals surface area contributed by atoms with Crippen LogP contribution in [0.2, 0.25) is 0 Å². The molecule has 0 amide bonds. The van der Waals surface area contributed by atoms with E-state index in [0.717, 1.165) is 51.4 Å². The predicted octanol–water partition coefficient (Wildman–Crippen LogP) is 3.27. The Balaban J connectivity index is 1.21. The van der Waals surface area contributed by atoms with Gasteiger partial charge in [0.25, 0.3) is 0 Å². The van der Waals surface area contributed by atoms with E-state index >= 15 is 0 Å². The van der Waals surface area contributed by atoms with Crippen molar-refractivity contribution < 1.29 is 42.6 Å². The smallest absolute Gasteiger partial charge is 0.190 e. The summed E-state index contributed by atoms with van der Waals surface area (Å²) in [5.41, 5.74) is 0. The number of rotatable bonds is 10. The molecule has 2 saturated carbocycles. The van der Waals surface area contributed by atoms with Crippen LogP contribution in [0, 0.1) is 0 Å². The van der Waals surface area contributed by atoms with Gasteiger partial charge in [0.1, 0.15) is 24.4 Å². The first-order valence-electron chi connectivity index (χ1n) is 13.3. The van der Waals surface area contributed by atoms with E-state index in [4.69, 9.17) is 42.6 Å². The Morgan fingerprint density at radius 1 is 0.794 bits per heavy atom. The maximum Gasteiger partial charge on any atom is 0.190 e. The fraction of sp³-hybridized carbons (Fsp3) is 1.00. The maximum atomic E-state index is 6.56. The summed E-state index contributed by atoms with van der Waals surface area (Å²) >= 11 is 0. The molecule has 9 heteroatoms. The lowest BCUT2D eigenvalue weighted by Crippen LogP contribution is -2.47. The number of fused-ring (bicyclic) bond motifs is 1. The average molecular weight is 487 g/mol. The molecular weight excluding hydrogens is 444 g/mol. The van der Waals surface area contributed by atoms with E-state index in [1.165, 1.54) is 12.8 Å². The van der Waals surface area contributed by atoms with Gasteiger partial charge in [-0.05, 0) is 32.6 Å². The Morgan fingerprint density at radius 2 is 1.50 bits per heavy atom. The molecule has 1 unspecified atom stereocenters. The van der Waals surface area contributed by atoms with Crippen LogP contribution in [0.25, 0.3) is 0 Å². The summed E-state index contributed by atoms with van der Waals surface area (Å²) < 4.78 is 54.9. The molecule has 2 aliphatic carbocycles. The van der Waals surface area contributed by atoms with Gasteiger partial charge >= 0.3 is 0 Å². The Morgan fingerprint density at radius 3 is 2.24 bits per heavy atom. The molecular formula is C25H42O9. The van der Waals surface area contributed by atoms with Crippen molar-refractivity contribution in [1.29, 1.82) is 0 Å². The van der Waals surface area contributed by atoms with Gasteiger partial charge in [0.05, 0.1) is 33.0 Å². The molecule has 3 saturated heterocycles. The minimum absolute atomic E-state index is 0.215. The highest BCUT2D eigenvalue weighted by atomic mass is 16.9. The van der Waals surface area contributed by atoms with E-state index in [1.807, 2.05) is 6.92 Å². The topological polar surface area (TPSA) is 83.1 Å². The van der Waals surface area contributed by atoms with Crippen molar-refractivity contribution in [2.24, 2.45) is 0 Å². The first kappa shape index (κ1) is 25.3. The molecule has 196 valence electrons. The number of hydrogen-bond acceptors (Lipinski definition) is 9. The molecule has 5 rings (SSSR count). The van der Waals surface area contributed by atoms with Crippen LogP contribution in [0.4, 0.5) is 0 Å². The van der Waals surface area contributed by atoms with E-state index in [0.29, 0.717) is 33.0 Å². The molecule has 0 radical (unpaired) electrons. The zero-order valence-electron chi connectivity index (χ0n) is 20.7. The van der Waals surface area contributed by atoms with Crippen LogP contribution >= 0.6 is 0 Å². The standard InChI is InChI=1S/C25H42O9/c1-18(28-16-15-27-14-13-26-2)30-21-20(19-17-29-24(32-19)9-5-3-6-10-24)31-23-22(21)33-25(34-23)11-7-4-8-12-25/h18-23H,3-17H2,1-2H3/t18?,19-,20+,21-,22+,23+/m0/s1. The van der Waals surface area contributed by atoms with Gasteiger partial charge in [-0.1, -0.05) is 12.8 Å². The van der Waals surface area contributed by atoms with E-state index in [-0.39, 0.29) is 24.4 Å². The van der Waals surface area contributed by atoms with Crippen LogP contribution in [0.5, 0.6) is 0 Å². The molecule has 34 heavy (non-hydrogen) atoms. The van der Waals surface area contributed by atoms with Gasteiger partial charge in [-0.25, -0.2) is 0 Å². The highest BCUT2D eigenvalue weighted by Crippen LogP contribution is 2.48. The third-order valence-electron chi connectivity index (χ3n) is 7.72. The van der Waals surface area contributed by atoms with Crippen LogP contribution in [0.15, 0.2) is 0 Å². The SMILES string of the molecule is COCCOCCOC(C)O[C@@H]1[C@H]2OC3(CCCCC3)O[C@H]2O[C@@H]1[C@@H]1COC2(CCCCC2)O1. The second kappa shape index (κ2) is 11.4. The van der Waals surface area contributed by atoms with Crippen molar-refractivity contribution in [1.82, 2.24) is 0 Å². The quantitative estimate of drug-likeness (QED) is 0.341. The van der Waals surface area contributed by atoms with E-state index in [2.05, 4.69) is 0 Å². The van der Waals surface area contributed by atoms with Crippen LogP contribution in [0.3, 0.4) is 0 Å². The van der Waals surface area contributed by atoms with Crippen molar-refractivity contribution >= 4 is 0 Å². The lowest BCUT2D eigenvalue weighted by atomic mass is 9.94. The normalized spacial score (nSPS) is 37.4. The van der Waals surface area contributed by atoms with Gasteiger partial charge in [-0.3, -0.25) is 0 Å². The van der Waals surface area contributed by atoms with Crippen molar-refractivity contribution in [2.75, 3.05) is 40.1 Å². The molecule has 9 nitrogen and oxygen atoms in total. The summed E-state index contributed by atoms with van der Waals surface area (Å²) in [5, 5.41) is 0. The van der Waals surface area contributed by atoms with E-state index in [9.17, 15) is 0 Å². The number of methoxy groups -OCH3 is 1. The van der Waals surface area contributed by atoms with Gasteiger partial charge in [0, 0.05) is 32.8 Å². The predicted molar refractivity (Wildman–Crippen MR) is 120 cm³/mol. The van der Waals surface area contributed by atoms with Gasteiger partial charge in [-0.2, -0.15) is 0 Å². The Kier molecular flexibility index (Phi) is 8.45. The second-order valence-corrected chi connectivity index (χ2v) is 10.2. The number of ether oxygens (including phenoxy) is 9. The average Bonchev–Trinajstić information content (AvgIpc) is 3.49. The zero-order chi connectivity index (χ0) is 23.4. The van der Waals surface area contributed by atoms with Gasteiger partial charge in [-0.15, -0.1) is 0 Å². The highest BCUT2D eigenvalue weighted by molar-refractivity contribution is 5.01. The molecule has 0 N–H and O–H groups in total. The van der Waals surface area contributed by atoms with E-state index in [1.54, 1.807) is 7.11 Å². The lowest BCUT2D eigenvalue weighted by molar-refractivity contribution is -0.274. The maximum absolute atomic E-state index is 6.56. The van der Waals surface area contributed by atoms with E-state index < -0.39 is 24.2 Å². The van der Waals surface area contributed by atoms with Gasteiger partial charge < -0.3 is 42.6 Å². The zero-order valence-corrected chi connectivity index (χ0v) is 20.7. The fourth-order valence-corrected chi connectivity index (χ4v) is 6.01. The van der Waals surface area contributed by atoms with Crippen molar-refractivity contribution in [3.63, 3.8) is 0 Å². The first-order valence-corrected chi connectivity index (χ1v) is 13.3. The van der Waals surface area contributed by atoms with Gasteiger partial charge in [0.2, 0.25) is 0 Å². The first-order chi connectivity index (χ1) is 16.6. The van der Waals surface area contributed by atoms with Crippen molar-refractivity contribution in [2.45, 2.75) is 120 Å². The molecule has 3 aliphatic heterocycles. The van der Waals surface area contributed by atoms with Crippen LogP contribution in [-0.2, 0) is 42.6 Å². The molecule has 0 aromatic rings. The van der Waals surface area contributed by atoms with Crippen molar-refractivity contribution in [3.8, 4) is 0 Å².